The molecule has 6 unspecified atom stereocenters. The first-order chi connectivity index (χ1) is 26.3. The van der Waals surface area contributed by atoms with Gasteiger partial charge in [0.15, 0.2) is 12.0 Å². The number of carbonyl (C=O) groups is 5. The van der Waals surface area contributed by atoms with Crippen molar-refractivity contribution in [3.8, 4) is 0 Å². The summed E-state index contributed by atoms with van der Waals surface area (Å²) >= 11 is 0. The monoisotopic (exact) mass is 801 g/mol. The number of hydrogen-bond donors (Lipinski definition) is 3. The molecular weight excluding hydrogens is 752 g/mol. The van der Waals surface area contributed by atoms with E-state index < -0.39 is 109 Å². The van der Waals surface area contributed by atoms with Crippen molar-refractivity contribution in [2.45, 2.75) is 128 Å². The number of rotatable bonds is 12. The number of carbonyl (C=O) groups excluding carboxylic acids is 5. The van der Waals surface area contributed by atoms with Gasteiger partial charge in [-0.25, -0.2) is 13.2 Å². The zero-order valence-corrected chi connectivity index (χ0v) is 31.8. The van der Waals surface area contributed by atoms with Crippen LogP contribution >= 0.6 is 0 Å². The molecule has 1 aromatic rings. The van der Waals surface area contributed by atoms with Crippen LogP contribution < -0.4 is 16.4 Å². The summed E-state index contributed by atoms with van der Waals surface area (Å²) in [5, 5.41) is 12.3. The molecule has 6 atom stereocenters. The summed E-state index contributed by atoms with van der Waals surface area (Å²) < 4.78 is 84.0. The molecule has 0 spiro atoms. The molecule has 2 fully saturated rings. The zero-order valence-electron chi connectivity index (χ0n) is 31.8. The van der Waals surface area contributed by atoms with E-state index in [2.05, 4.69) is 20.8 Å². The van der Waals surface area contributed by atoms with Crippen molar-refractivity contribution in [3.05, 3.63) is 35.0 Å². The normalized spacial score (nSPS) is 23.3. The second kappa shape index (κ2) is 17.3. The minimum atomic E-state index is -4.76. The molecule has 4 heterocycles. The standard InChI is InChI=1S/C36H49F6N9O5/c1-18(2)29(43)33(55)49-9-5-8-26(49)32(54)45-30(19(3)4)34(56)50-10-6-7-25(50)31(53)44-21(13-20-14-23(38)24(39)16-22(20)37)15-28(52)48-11-12-51-27(17-48)46-47-35(51)36(40,41)42/h14,18-19,21,24-26,29-30H,5-13,15-17,43H2,1-4H3,(H,44,53)(H,45,54). The maximum Gasteiger partial charge on any atom is 0.451 e. The van der Waals surface area contributed by atoms with E-state index in [1.165, 1.54) is 14.7 Å². The maximum absolute atomic E-state index is 14.9. The predicted octanol–water partition coefficient (Wildman–Crippen LogP) is 2.83. The number of likely N-dealkylation sites (tertiary alicyclic amines) is 2. The van der Waals surface area contributed by atoms with Gasteiger partial charge in [-0.2, -0.15) is 13.2 Å². The Balaban J connectivity index is 1.30. The summed E-state index contributed by atoms with van der Waals surface area (Å²) in [6.07, 6.45) is -6.53. The first-order valence-electron chi connectivity index (χ1n) is 18.9. The van der Waals surface area contributed by atoms with Crippen molar-refractivity contribution in [2.24, 2.45) is 17.6 Å². The van der Waals surface area contributed by atoms with Gasteiger partial charge in [-0.3, -0.25) is 24.0 Å². The highest BCUT2D eigenvalue weighted by Crippen LogP contribution is 2.33. The molecule has 20 heteroatoms. The second-order valence-electron chi connectivity index (χ2n) is 15.5. The van der Waals surface area contributed by atoms with Gasteiger partial charge in [-0.05, 0) is 55.6 Å². The fraction of sp³-hybridized carbons (Fsp3) is 0.694. The lowest BCUT2D eigenvalue weighted by atomic mass is 9.95. The Morgan fingerprint density at radius 2 is 1.48 bits per heavy atom. The van der Waals surface area contributed by atoms with Gasteiger partial charge in [0.25, 0.3) is 0 Å². The molecule has 0 bridgehead atoms. The van der Waals surface area contributed by atoms with Crippen LogP contribution in [0.3, 0.4) is 0 Å². The number of nitrogens with two attached hydrogens (primary N) is 1. The Morgan fingerprint density at radius 3 is 2.07 bits per heavy atom. The van der Waals surface area contributed by atoms with Crippen LogP contribution in [0.25, 0.3) is 0 Å². The lowest BCUT2D eigenvalue weighted by Crippen LogP contribution is -2.59. The van der Waals surface area contributed by atoms with Gasteiger partial charge in [0.05, 0.1) is 12.6 Å². The van der Waals surface area contributed by atoms with E-state index in [4.69, 9.17) is 5.73 Å². The van der Waals surface area contributed by atoms with Crippen LogP contribution in [-0.4, -0.2) is 115 Å². The maximum atomic E-state index is 14.9. The summed E-state index contributed by atoms with van der Waals surface area (Å²) in [6, 6.07) is -4.99. The highest BCUT2D eigenvalue weighted by Gasteiger charge is 2.43. The fourth-order valence-corrected chi connectivity index (χ4v) is 7.57. The number of hydrogen-bond acceptors (Lipinski definition) is 8. The van der Waals surface area contributed by atoms with Crippen LogP contribution in [0.1, 0.15) is 84.3 Å². The van der Waals surface area contributed by atoms with Crippen molar-refractivity contribution in [3.63, 3.8) is 0 Å². The van der Waals surface area contributed by atoms with Gasteiger partial charge in [0, 0.05) is 45.1 Å². The second-order valence-corrected chi connectivity index (χ2v) is 15.5. The van der Waals surface area contributed by atoms with Crippen LogP contribution in [0.5, 0.6) is 0 Å². The average molecular weight is 802 g/mol. The van der Waals surface area contributed by atoms with Crippen molar-refractivity contribution in [2.75, 3.05) is 19.6 Å². The van der Waals surface area contributed by atoms with Crippen molar-refractivity contribution in [1.29, 1.82) is 0 Å². The summed E-state index contributed by atoms with van der Waals surface area (Å²) in [6.45, 7) is 6.77. The minimum absolute atomic E-state index is 0.115. The van der Waals surface area contributed by atoms with Gasteiger partial charge >= 0.3 is 6.18 Å². The Morgan fingerprint density at radius 1 is 0.875 bits per heavy atom. The van der Waals surface area contributed by atoms with Gasteiger partial charge < -0.3 is 35.6 Å². The Labute approximate surface area is 320 Å². The SMILES string of the molecule is CC(C)C(N)C(=O)N1CCCC1C(=O)NC(C(=O)N1CCCC1C(=O)NC(CC(=O)N1CCn2c(nnc2C(F)(F)F)C1)CC1=C(F)CC(F)C(F)=C1)C(C)C. The first-order valence-corrected chi connectivity index (χ1v) is 18.9. The fourth-order valence-electron chi connectivity index (χ4n) is 7.57. The van der Waals surface area contributed by atoms with Crippen molar-refractivity contribution >= 4 is 29.5 Å². The Hall–Kier alpha value is -4.49. The number of amides is 5. The molecule has 2 saturated heterocycles. The van der Waals surface area contributed by atoms with E-state index in [-0.39, 0.29) is 55.8 Å². The van der Waals surface area contributed by atoms with Crippen LogP contribution in [0.15, 0.2) is 23.3 Å². The minimum Gasteiger partial charge on any atom is -0.351 e. The highest BCUT2D eigenvalue weighted by molar-refractivity contribution is 5.95. The van der Waals surface area contributed by atoms with Crippen molar-refractivity contribution < 1.29 is 50.3 Å². The number of allylic oxidation sites excluding steroid dienone is 3. The van der Waals surface area contributed by atoms with E-state index in [1.807, 2.05) is 0 Å². The summed E-state index contributed by atoms with van der Waals surface area (Å²) in [5.41, 5.74) is 5.81. The van der Waals surface area contributed by atoms with Crippen LogP contribution in [0.4, 0.5) is 26.3 Å². The Bertz CT molecular complexity index is 1750. The molecule has 0 aromatic carbocycles. The van der Waals surface area contributed by atoms with Gasteiger partial charge in [-0.1, -0.05) is 27.7 Å². The molecule has 4 aliphatic rings. The van der Waals surface area contributed by atoms with Gasteiger partial charge in [-0.15, -0.1) is 10.2 Å². The van der Waals surface area contributed by atoms with Crippen LogP contribution in [-0.2, 0) is 43.2 Å². The van der Waals surface area contributed by atoms with Crippen molar-refractivity contribution in [1.82, 2.24) is 40.1 Å². The first kappa shape index (κ1) is 42.6. The molecule has 56 heavy (non-hydrogen) atoms. The predicted molar refractivity (Wildman–Crippen MR) is 187 cm³/mol. The molecule has 3 aliphatic heterocycles. The van der Waals surface area contributed by atoms with E-state index in [0.717, 1.165) is 4.57 Å². The average Bonchev–Trinajstić information content (AvgIpc) is 3.91. The Kier molecular flexibility index (Phi) is 13.2. The molecule has 5 rings (SSSR count). The quantitative estimate of drug-likeness (QED) is 0.271. The molecule has 0 saturated carbocycles. The molecule has 5 amide bonds. The van der Waals surface area contributed by atoms with Crippen LogP contribution in [0, 0.1) is 11.8 Å². The number of aromatic nitrogens is 3. The number of nitrogens with one attached hydrogen (secondary N) is 2. The number of halogens is 6. The third kappa shape index (κ3) is 9.37. The topological polar surface area (TPSA) is 176 Å². The van der Waals surface area contributed by atoms with Gasteiger partial charge in [0.2, 0.25) is 35.4 Å². The molecule has 4 N–H and O–H groups in total. The highest BCUT2D eigenvalue weighted by atomic mass is 19.4. The molecular formula is C36H49F6N9O5. The summed E-state index contributed by atoms with van der Waals surface area (Å²) in [7, 11) is 0. The number of fused-ring (bicyclic) bond motifs is 1. The summed E-state index contributed by atoms with van der Waals surface area (Å²) in [5.74, 6) is -6.91. The number of alkyl halides is 4. The third-order valence-corrected chi connectivity index (χ3v) is 10.8. The number of nitrogens with zero attached hydrogens (tertiary/aromatic N) is 6. The van der Waals surface area contributed by atoms with E-state index in [1.54, 1.807) is 27.7 Å². The molecule has 310 valence electrons. The van der Waals surface area contributed by atoms with E-state index in [0.29, 0.717) is 31.9 Å². The molecule has 14 nitrogen and oxygen atoms in total. The van der Waals surface area contributed by atoms with Crippen LogP contribution in [0.2, 0.25) is 0 Å². The molecule has 1 aliphatic carbocycles. The van der Waals surface area contributed by atoms with E-state index in [9.17, 15) is 50.3 Å². The molecule has 1 aromatic heterocycles. The summed E-state index contributed by atoms with van der Waals surface area (Å²) in [4.78, 5) is 72.1. The largest absolute Gasteiger partial charge is 0.451 e. The van der Waals surface area contributed by atoms with Gasteiger partial charge in [0.1, 0.15) is 29.8 Å². The lowest BCUT2D eigenvalue weighted by Gasteiger charge is -2.33. The van der Waals surface area contributed by atoms with E-state index >= 15 is 0 Å². The zero-order chi connectivity index (χ0) is 41.2. The lowest BCUT2D eigenvalue weighted by molar-refractivity contribution is -0.148. The smallest absolute Gasteiger partial charge is 0.351 e. The molecule has 0 radical (unpaired) electrons. The third-order valence-electron chi connectivity index (χ3n) is 10.8.